The molecule has 1 rings (SSSR count). The third-order valence-corrected chi connectivity index (χ3v) is 2.96. The van der Waals surface area contributed by atoms with Crippen molar-refractivity contribution in [2.75, 3.05) is 26.7 Å². The molecule has 0 unspecified atom stereocenters. The fourth-order valence-electron chi connectivity index (χ4n) is 1.90. The molecule has 0 saturated carbocycles. The van der Waals surface area contributed by atoms with Gasteiger partial charge in [0, 0.05) is 13.6 Å². The summed E-state index contributed by atoms with van der Waals surface area (Å²) in [5.41, 5.74) is 6.08. The van der Waals surface area contributed by atoms with Crippen LogP contribution in [0.1, 0.15) is 36.5 Å². The molecule has 0 aliphatic rings. The topological polar surface area (TPSA) is 55.6 Å². The van der Waals surface area contributed by atoms with Crippen LogP contribution in [0.15, 0.2) is 24.3 Å². The second kappa shape index (κ2) is 8.53. The lowest BCUT2D eigenvalue weighted by Gasteiger charge is -2.18. The zero-order chi connectivity index (χ0) is 14.1. The highest BCUT2D eigenvalue weighted by atomic mass is 16.5. The standard InChI is InChI=1S/C15H24N2O2/c1-3-19-14-10-6-5-9-13(14)15(18)17(2)12-8-4-7-11-16/h5-6,9-10H,3-4,7-8,11-12,16H2,1-2H3. The second-order valence-electron chi connectivity index (χ2n) is 4.51. The van der Waals surface area contributed by atoms with Gasteiger partial charge >= 0.3 is 0 Å². The Morgan fingerprint density at radius 2 is 2.00 bits per heavy atom. The van der Waals surface area contributed by atoms with Gasteiger partial charge in [0.15, 0.2) is 0 Å². The summed E-state index contributed by atoms with van der Waals surface area (Å²) < 4.78 is 5.49. The van der Waals surface area contributed by atoms with Gasteiger partial charge in [-0.1, -0.05) is 18.6 Å². The zero-order valence-electron chi connectivity index (χ0n) is 11.9. The smallest absolute Gasteiger partial charge is 0.257 e. The number of para-hydroxylation sites is 1. The molecule has 0 aliphatic heterocycles. The number of amides is 1. The van der Waals surface area contributed by atoms with E-state index in [1.807, 2.05) is 38.2 Å². The van der Waals surface area contributed by atoms with Crippen LogP contribution in [0.3, 0.4) is 0 Å². The van der Waals surface area contributed by atoms with Gasteiger partial charge in [0.2, 0.25) is 0 Å². The maximum Gasteiger partial charge on any atom is 0.257 e. The predicted molar refractivity (Wildman–Crippen MR) is 77.5 cm³/mol. The minimum Gasteiger partial charge on any atom is -0.493 e. The summed E-state index contributed by atoms with van der Waals surface area (Å²) in [7, 11) is 1.83. The molecule has 0 aromatic heterocycles. The van der Waals surface area contributed by atoms with E-state index in [-0.39, 0.29) is 5.91 Å². The van der Waals surface area contributed by atoms with E-state index in [9.17, 15) is 4.79 Å². The van der Waals surface area contributed by atoms with Gasteiger partial charge in [0.1, 0.15) is 5.75 Å². The van der Waals surface area contributed by atoms with Gasteiger partial charge in [0.05, 0.1) is 12.2 Å². The van der Waals surface area contributed by atoms with Crippen LogP contribution in [0, 0.1) is 0 Å². The van der Waals surface area contributed by atoms with Crippen LogP contribution in [0.2, 0.25) is 0 Å². The van der Waals surface area contributed by atoms with Crippen molar-refractivity contribution in [3.05, 3.63) is 29.8 Å². The lowest BCUT2D eigenvalue weighted by molar-refractivity contribution is 0.0788. The number of unbranched alkanes of at least 4 members (excludes halogenated alkanes) is 2. The van der Waals surface area contributed by atoms with Crippen molar-refractivity contribution in [1.29, 1.82) is 0 Å². The van der Waals surface area contributed by atoms with Crippen LogP contribution in [-0.2, 0) is 0 Å². The number of hydrogen-bond acceptors (Lipinski definition) is 3. The molecule has 0 atom stereocenters. The molecule has 0 radical (unpaired) electrons. The fraction of sp³-hybridized carbons (Fsp3) is 0.533. The number of rotatable bonds is 8. The average Bonchev–Trinajstić information content (AvgIpc) is 2.43. The zero-order valence-corrected chi connectivity index (χ0v) is 11.9. The van der Waals surface area contributed by atoms with Crippen LogP contribution < -0.4 is 10.5 Å². The Hall–Kier alpha value is -1.55. The third kappa shape index (κ3) is 4.91. The fourth-order valence-corrected chi connectivity index (χ4v) is 1.90. The first-order valence-corrected chi connectivity index (χ1v) is 6.88. The molecule has 106 valence electrons. The van der Waals surface area contributed by atoms with Gasteiger partial charge in [-0.3, -0.25) is 4.79 Å². The van der Waals surface area contributed by atoms with E-state index in [2.05, 4.69) is 0 Å². The predicted octanol–water partition coefficient (Wildman–Crippen LogP) is 2.29. The van der Waals surface area contributed by atoms with Crippen molar-refractivity contribution < 1.29 is 9.53 Å². The Kier molecular flexibility index (Phi) is 6.97. The minimum atomic E-state index is 0.0109. The maximum absolute atomic E-state index is 12.3. The second-order valence-corrected chi connectivity index (χ2v) is 4.51. The highest BCUT2D eigenvalue weighted by Gasteiger charge is 2.15. The van der Waals surface area contributed by atoms with Crippen LogP contribution in [-0.4, -0.2) is 37.6 Å². The van der Waals surface area contributed by atoms with Crippen LogP contribution in [0.5, 0.6) is 5.75 Å². The van der Waals surface area contributed by atoms with E-state index in [1.54, 1.807) is 4.90 Å². The van der Waals surface area contributed by atoms with Gasteiger partial charge < -0.3 is 15.4 Å². The van der Waals surface area contributed by atoms with Crippen molar-refractivity contribution in [3.63, 3.8) is 0 Å². The number of ether oxygens (including phenoxy) is 1. The molecule has 1 aromatic carbocycles. The molecule has 0 spiro atoms. The monoisotopic (exact) mass is 264 g/mol. The summed E-state index contributed by atoms with van der Waals surface area (Å²) in [6.45, 7) is 3.94. The van der Waals surface area contributed by atoms with Gasteiger partial charge in [-0.05, 0) is 38.4 Å². The number of carbonyl (C=O) groups is 1. The molecular formula is C15H24N2O2. The van der Waals surface area contributed by atoms with Crippen molar-refractivity contribution in [1.82, 2.24) is 4.90 Å². The Morgan fingerprint density at radius 1 is 1.26 bits per heavy atom. The summed E-state index contributed by atoms with van der Waals surface area (Å²) in [5.74, 6) is 0.667. The molecule has 2 N–H and O–H groups in total. The number of nitrogens with zero attached hydrogens (tertiary/aromatic N) is 1. The SMILES string of the molecule is CCOc1ccccc1C(=O)N(C)CCCCCN. The molecule has 0 fully saturated rings. The van der Waals surface area contributed by atoms with Crippen molar-refractivity contribution in [2.45, 2.75) is 26.2 Å². The molecule has 4 heteroatoms. The Bertz CT molecular complexity index is 393. The Labute approximate surface area is 115 Å². The van der Waals surface area contributed by atoms with Crippen molar-refractivity contribution in [3.8, 4) is 5.75 Å². The quantitative estimate of drug-likeness (QED) is 0.733. The Balaban J connectivity index is 2.60. The van der Waals surface area contributed by atoms with Gasteiger partial charge in [-0.25, -0.2) is 0 Å². The first-order valence-electron chi connectivity index (χ1n) is 6.88. The molecule has 4 nitrogen and oxygen atoms in total. The third-order valence-electron chi connectivity index (χ3n) is 2.96. The molecule has 0 saturated heterocycles. The highest BCUT2D eigenvalue weighted by Crippen LogP contribution is 2.19. The number of hydrogen-bond donors (Lipinski definition) is 1. The van der Waals surface area contributed by atoms with Crippen LogP contribution in [0.4, 0.5) is 0 Å². The summed E-state index contributed by atoms with van der Waals surface area (Å²) in [4.78, 5) is 14.1. The van der Waals surface area contributed by atoms with Crippen molar-refractivity contribution >= 4 is 5.91 Å². The molecule has 1 aromatic rings. The Morgan fingerprint density at radius 3 is 2.68 bits per heavy atom. The van der Waals surface area contributed by atoms with Gasteiger partial charge in [-0.15, -0.1) is 0 Å². The van der Waals surface area contributed by atoms with Crippen molar-refractivity contribution in [2.24, 2.45) is 5.73 Å². The maximum atomic E-state index is 12.3. The molecule has 19 heavy (non-hydrogen) atoms. The summed E-state index contributed by atoms with van der Waals surface area (Å²) in [5, 5.41) is 0. The van der Waals surface area contributed by atoms with E-state index in [0.717, 1.165) is 25.8 Å². The van der Waals surface area contributed by atoms with Crippen LogP contribution >= 0.6 is 0 Å². The normalized spacial score (nSPS) is 10.3. The highest BCUT2D eigenvalue weighted by molar-refractivity contribution is 5.96. The number of benzene rings is 1. The van der Waals surface area contributed by atoms with E-state index >= 15 is 0 Å². The average molecular weight is 264 g/mol. The summed E-state index contributed by atoms with van der Waals surface area (Å²) in [6, 6.07) is 7.38. The minimum absolute atomic E-state index is 0.0109. The molecule has 0 heterocycles. The van der Waals surface area contributed by atoms with E-state index < -0.39 is 0 Å². The van der Waals surface area contributed by atoms with Crippen LogP contribution in [0.25, 0.3) is 0 Å². The van der Waals surface area contributed by atoms with E-state index in [0.29, 0.717) is 24.5 Å². The first-order chi connectivity index (χ1) is 9.20. The first kappa shape index (κ1) is 15.5. The number of carbonyl (C=O) groups excluding carboxylic acids is 1. The molecule has 0 bridgehead atoms. The number of nitrogens with two attached hydrogens (primary N) is 1. The van der Waals surface area contributed by atoms with E-state index in [4.69, 9.17) is 10.5 Å². The van der Waals surface area contributed by atoms with Gasteiger partial charge in [-0.2, -0.15) is 0 Å². The molecular weight excluding hydrogens is 240 g/mol. The lowest BCUT2D eigenvalue weighted by atomic mass is 10.1. The summed E-state index contributed by atoms with van der Waals surface area (Å²) in [6.07, 6.45) is 3.05. The molecule has 0 aliphatic carbocycles. The molecule has 1 amide bonds. The lowest BCUT2D eigenvalue weighted by Crippen LogP contribution is -2.28. The van der Waals surface area contributed by atoms with Gasteiger partial charge in [0.25, 0.3) is 5.91 Å². The largest absolute Gasteiger partial charge is 0.493 e. The summed E-state index contributed by atoms with van der Waals surface area (Å²) >= 11 is 0. The van der Waals surface area contributed by atoms with E-state index in [1.165, 1.54) is 0 Å².